The van der Waals surface area contributed by atoms with Crippen molar-refractivity contribution in [3.05, 3.63) is 35.9 Å². The molecule has 0 aliphatic heterocycles. The SMILES string of the molecule is CCCCCCCCCCCCCCC(=O)c1ccc2cc(O)c(O)cc2c1. The Morgan fingerprint density at radius 1 is 0.679 bits per heavy atom. The van der Waals surface area contributed by atoms with Gasteiger partial charge in [-0.15, -0.1) is 0 Å². The van der Waals surface area contributed by atoms with Crippen LogP contribution in [-0.2, 0) is 0 Å². The lowest BCUT2D eigenvalue weighted by Crippen LogP contribution is -1.98. The summed E-state index contributed by atoms with van der Waals surface area (Å²) >= 11 is 0. The summed E-state index contributed by atoms with van der Waals surface area (Å²) in [6, 6.07) is 8.46. The van der Waals surface area contributed by atoms with E-state index in [0.29, 0.717) is 12.0 Å². The van der Waals surface area contributed by atoms with Crippen LogP contribution >= 0.6 is 0 Å². The summed E-state index contributed by atoms with van der Waals surface area (Å²) in [5.74, 6) is -0.136. The van der Waals surface area contributed by atoms with E-state index in [2.05, 4.69) is 6.92 Å². The van der Waals surface area contributed by atoms with Gasteiger partial charge in [-0.05, 0) is 35.4 Å². The summed E-state index contributed by atoms with van der Waals surface area (Å²) in [4.78, 5) is 12.4. The van der Waals surface area contributed by atoms with E-state index in [9.17, 15) is 15.0 Å². The molecule has 0 radical (unpaired) electrons. The van der Waals surface area contributed by atoms with Gasteiger partial charge in [0.05, 0.1) is 0 Å². The molecule has 0 unspecified atom stereocenters. The van der Waals surface area contributed by atoms with Gasteiger partial charge in [0, 0.05) is 12.0 Å². The number of aromatic hydroxyl groups is 2. The molecule has 0 saturated carbocycles. The molecule has 0 saturated heterocycles. The Balaban J connectivity index is 1.59. The van der Waals surface area contributed by atoms with E-state index >= 15 is 0 Å². The van der Waals surface area contributed by atoms with Crippen molar-refractivity contribution < 1.29 is 15.0 Å². The molecule has 2 aromatic carbocycles. The summed E-state index contributed by atoms with van der Waals surface area (Å²) < 4.78 is 0. The molecule has 3 heteroatoms. The number of fused-ring (bicyclic) bond motifs is 1. The number of rotatable bonds is 14. The van der Waals surface area contributed by atoms with Crippen molar-refractivity contribution in [1.29, 1.82) is 0 Å². The number of carbonyl (C=O) groups is 1. The quantitative estimate of drug-likeness (QED) is 0.201. The van der Waals surface area contributed by atoms with Crippen LogP contribution in [0.1, 0.15) is 101 Å². The van der Waals surface area contributed by atoms with Gasteiger partial charge in [-0.3, -0.25) is 4.79 Å². The Bertz CT molecular complexity index is 736. The van der Waals surface area contributed by atoms with E-state index in [1.807, 2.05) is 12.1 Å². The van der Waals surface area contributed by atoms with Gasteiger partial charge in [0.2, 0.25) is 0 Å². The fourth-order valence-electron chi connectivity index (χ4n) is 3.72. The van der Waals surface area contributed by atoms with Gasteiger partial charge in [-0.2, -0.15) is 0 Å². The highest BCUT2D eigenvalue weighted by molar-refractivity contribution is 6.00. The molecule has 0 aliphatic rings. The zero-order chi connectivity index (χ0) is 20.2. The Morgan fingerprint density at radius 2 is 1.18 bits per heavy atom. The van der Waals surface area contributed by atoms with Crippen LogP contribution in [0.3, 0.4) is 0 Å². The number of hydrogen-bond acceptors (Lipinski definition) is 3. The van der Waals surface area contributed by atoms with Gasteiger partial charge in [-0.1, -0.05) is 89.7 Å². The molecular formula is C25H36O3. The van der Waals surface area contributed by atoms with Crippen LogP contribution in [0.4, 0.5) is 0 Å². The molecule has 0 fully saturated rings. The molecule has 0 amide bonds. The maximum absolute atomic E-state index is 12.4. The minimum absolute atomic E-state index is 0.136. The lowest BCUT2D eigenvalue weighted by atomic mass is 10.00. The third-order valence-corrected chi connectivity index (χ3v) is 5.51. The van der Waals surface area contributed by atoms with Crippen molar-refractivity contribution in [2.45, 2.75) is 90.4 Å². The highest BCUT2D eigenvalue weighted by atomic mass is 16.3. The standard InChI is InChI=1S/C25H36O3/c1-2-3-4-5-6-7-8-9-10-11-12-13-14-23(26)21-16-15-20-18-24(27)25(28)19-22(20)17-21/h15-19,27-28H,2-14H2,1H3. The first-order valence-corrected chi connectivity index (χ1v) is 11.1. The molecule has 0 aliphatic carbocycles. The molecular weight excluding hydrogens is 348 g/mol. The normalized spacial score (nSPS) is 11.2. The smallest absolute Gasteiger partial charge is 0.162 e. The van der Waals surface area contributed by atoms with E-state index in [0.717, 1.165) is 23.6 Å². The Labute approximate surface area is 169 Å². The zero-order valence-corrected chi connectivity index (χ0v) is 17.4. The molecule has 3 nitrogen and oxygen atoms in total. The highest BCUT2D eigenvalue weighted by Crippen LogP contribution is 2.30. The summed E-state index contributed by atoms with van der Waals surface area (Å²) in [5.41, 5.74) is 0.681. The molecule has 28 heavy (non-hydrogen) atoms. The van der Waals surface area contributed by atoms with E-state index < -0.39 is 0 Å². The van der Waals surface area contributed by atoms with Crippen LogP contribution in [-0.4, -0.2) is 16.0 Å². The first-order chi connectivity index (χ1) is 13.6. The molecule has 154 valence electrons. The second-order valence-corrected chi connectivity index (χ2v) is 7.97. The number of hydrogen-bond donors (Lipinski definition) is 2. The topological polar surface area (TPSA) is 57.5 Å². The van der Waals surface area contributed by atoms with Crippen molar-refractivity contribution in [2.75, 3.05) is 0 Å². The van der Waals surface area contributed by atoms with E-state index in [4.69, 9.17) is 0 Å². The van der Waals surface area contributed by atoms with Crippen molar-refractivity contribution in [1.82, 2.24) is 0 Å². The van der Waals surface area contributed by atoms with Crippen molar-refractivity contribution in [2.24, 2.45) is 0 Å². The maximum Gasteiger partial charge on any atom is 0.162 e. The van der Waals surface area contributed by atoms with Crippen LogP contribution in [0.2, 0.25) is 0 Å². The molecule has 2 N–H and O–H groups in total. The molecule has 2 aromatic rings. The van der Waals surface area contributed by atoms with Gasteiger partial charge in [0.15, 0.2) is 17.3 Å². The first kappa shape index (κ1) is 22.3. The second-order valence-electron chi connectivity index (χ2n) is 7.97. The third kappa shape index (κ3) is 7.53. The summed E-state index contributed by atoms with van der Waals surface area (Å²) in [7, 11) is 0. The number of phenolic OH excluding ortho intramolecular Hbond substituents is 2. The fraction of sp³-hybridized carbons (Fsp3) is 0.560. The number of Topliss-reactive ketones (excluding diaryl/α,β-unsaturated/α-hetero) is 1. The Hall–Kier alpha value is -2.03. The van der Waals surface area contributed by atoms with Gasteiger partial charge in [-0.25, -0.2) is 0 Å². The average Bonchev–Trinajstić information content (AvgIpc) is 2.69. The average molecular weight is 385 g/mol. The van der Waals surface area contributed by atoms with Crippen LogP contribution in [0.5, 0.6) is 11.5 Å². The predicted molar refractivity (Wildman–Crippen MR) is 117 cm³/mol. The van der Waals surface area contributed by atoms with Gasteiger partial charge in [0.25, 0.3) is 0 Å². The van der Waals surface area contributed by atoms with Crippen LogP contribution < -0.4 is 0 Å². The zero-order valence-electron chi connectivity index (χ0n) is 17.4. The van der Waals surface area contributed by atoms with Crippen molar-refractivity contribution in [3.8, 4) is 11.5 Å². The molecule has 0 heterocycles. The van der Waals surface area contributed by atoms with Crippen LogP contribution in [0, 0.1) is 0 Å². The van der Waals surface area contributed by atoms with Gasteiger partial charge >= 0.3 is 0 Å². The summed E-state index contributed by atoms with van der Waals surface area (Å²) in [6.07, 6.45) is 16.0. The monoisotopic (exact) mass is 384 g/mol. The highest BCUT2D eigenvalue weighted by Gasteiger charge is 2.08. The van der Waals surface area contributed by atoms with Crippen molar-refractivity contribution in [3.63, 3.8) is 0 Å². The number of benzene rings is 2. The van der Waals surface area contributed by atoms with Crippen LogP contribution in [0.15, 0.2) is 30.3 Å². The van der Waals surface area contributed by atoms with E-state index in [1.54, 1.807) is 6.07 Å². The van der Waals surface area contributed by atoms with Crippen molar-refractivity contribution >= 4 is 16.6 Å². The number of ketones is 1. The maximum atomic E-state index is 12.4. The molecule has 2 rings (SSSR count). The number of phenols is 2. The largest absolute Gasteiger partial charge is 0.504 e. The summed E-state index contributed by atoms with van der Waals surface area (Å²) in [6.45, 7) is 2.26. The Kier molecular flexibility index (Phi) is 9.88. The lowest BCUT2D eigenvalue weighted by molar-refractivity contribution is 0.0979. The fourth-order valence-corrected chi connectivity index (χ4v) is 3.72. The second kappa shape index (κ2) is 12.4. The number of unbranched alkanes of at least 4 members (excludes halogenated alkanes) is 11. The van der Waals surface area contributed by atoms with E-state index in [1.165, 1.54) is 76.3 Å². The minimum atomic E-state index is -0.155. The van der Waals surface area contributed by atoms with Crippen LogP contribution in [0.25, 0.3) is 10.8 Å². The Morgan fingerprint density at radius 3 is 1.75 bits per heavy atom. The first-order valence-electron chi connectivity index (χ1n) is 11.1. The number of carbonyl (C=O) groups excluding carboxylic acids is 1. The minimum Gasteiger partial charge on any atom is -0.504 e. The molecule has 0 bridgehead atoms. The molecule has 0 aromatic heterocycles. The lowest BCUT2D eigenvalue weighted by Gasteiger charge is -2.06. The summed E-state index contributed by atoms with van der Waals surface area (Å²) in [5, 5.41) is 20.8. The van der Waals surface area contributed by atoms with Gasteiger partial charge in [0.1, 0.15) is 0 Å². The molecule has 0 spiro atoms. The third-order valence-electron chi connectivity index (χ3n) is 5.51. The predicted octanol–water partition coefficient (Wildman–Crippen LogP) is 7.52. The van der Waals surface area contributed by atoms with Gasteiger partial charge < -0.3 is 10.2 Å². The molecule has 0 atom stereocenters. The van der Waals surface area contributed by atoms with E-state index in [-0.39, 0.29) is 17.3 Å².